The minimum atomic E-state index is -2.56. The summed E-state index contributed by atoms with van der Waals surface area (Å²) in [5, 5.41) is 1.15. The number of carbonyl (C=O) groups excluding carboxylic acids is 1. The fraction of sp³-hybridized carbons (Fsp3) is 0.310. The minimum Gasteiger partial charge on any atom is -0.316 e. The number of aryl methyl sites for hydroxylation is 1. The van der Waals surface area contributed by atoms with Gasteiger partial charge < -0.3 is 4.57 Å². The number of nitrogens with zero attached hydrogens (tertiary/aromatic N) is 3. The van der Waals surface area contributed by atoms with E-state index >= 15 is 0 Å². The third-order valence-corrected chi connectivity index (χ3v) is 6.77. The second kappa shape index (κ2) is 10.1. The molecule has 0 N–H and O–H groups in total. The van der Waals surface area contributed by atoms with Gasteiger partial charge in [0.15, 0.2) is 0 Å². The van der Waals surface area contributed by atoms with Crippen LogP contribution in [0, 0.1) is 0 Å². The first-order valence-corrected chi connectivity index (χ1v) is 12.2. The highest BCUT2D eigenvalue weighted by molar-refractivity contribution is 5.86. The van der Waals surface area contributed by atoms with Crippen LogP contribution >= 0.6 is 0 Å². The number of aromatic nitrogens is 2. The lowest BCUT2D eigenvalue weighted by Crippen LogP contribution is -2.27. The smallest absolute Gasteiger partial charge is 0.261 e. The van der Waals surface area contributed by atoms with E-state index in [4.69, 9.17) is 0 Å². The third-order valence-electron chi connectivity index (χ3n) is 6.77. The highest BCUT2D eigenvalue weighted by Gasteiger charge is 2.37. The Balaban J connectivity index is 1.26. The SMILES string of the molecule is O=C(CCc1cccnc1)Cc1ccc(-n2cc(CCN3CCC(F)(F)C3)c3ccccc32)cc1. The van der Waals surface area contributed by atoms with Gasteiger partial charge in [-0.2, -0.15) is 0 Å². The summed E-state index contributed by atoms with van der Waals surface area (Å²) in [4.78, 5) is 18.4. The maximum absolute atomic E-state index is 13.6. The van der Waals surface area contributed by atoms with E-state index in [2.05, 4.69) is 27.9 Å². The second-order valence-electron chi connectivity index (χ2n) is 9.42. The molecule has 0 spiro atoms. The van der Waals surface area contributed by atoms with Crippen LogP contribution in [0.3, 0.4) is 0 Å². The van der Waals surface area contributed by atoms with Crippen LogP contribution in [0.25, 0.3) is 16.6 Å². The van der Waals surface area contributed by atoms with Crippen LogP contribution in [0.15, 0.2) is 79.3 Å². The molecular weight excluding hydrogens is 444 g/mol. The topological polar surface area (TPSA) is 38.1 Å². The predicted octanol–water partition coefficient (Wildman–Crippen LogP) is 5.65. The average molecular weight is 474 g/mol. The average Bonchev–Trinajstić information content (AvgIpc) is 3.42. The summed E-state index contributed by atoms with van der Waals surface area (Å²) in [6.45, 7) is 0.936. The molecule has 4 aromatic rings. The van der Waals surface area contributed by atoms with Crippen LogP contribution in [0.5, 0.6) is 0 Å². The van der Waals surface area contributed by atoms with Crippen LogP contribution in [0.4, 0.5) is 8.78 Å². The Kier molecular flexibility index (Phi) is 6.73. The first-order valence-electron chi connectivity index (χ1n) is 12.2. The van der Waals surface area contributed by atoms with E-state index in [0.29, 0.717) is 32.4 Å². The Morgan fingerprint density at radius 2 is 1.80 bits per heavy atom. The predicted molar refractivity (Wildman–Crippen MR) is 134 cm³/mol. The quantitative estimate of drug-likeness (QED) is 0.315. The number of Topliss-reactive ketones (excluding diaryl/α,β-unsaturated/α-hetero) is 1. The fourth-order valence-corrected chi connectivity index (χ4v) is 4.86. The molecular formula is C29H29F2N3O. The Bertz CT molecular complexity index is 1300. The number of rotatable bonds is 9. The van der Waals surface area contributed by atoms with Crippen molar-refractivity contribution >= 4 is 16.7 Å². The molecule has 35 heavy (non-hydrogen) atoms. The Morgan fingerprint density at radius 3 is 2.54 bits per heavy atom. The van der Waals surface area contributed by atoms with Gasteiger partial charge >= 0.3 is 0 Å². The van der Waals surface area contributed by atoms with Crippen LogP contribution < -0.4 is 0 Å². The monoisotopic (exact) mass is 473 g/mol. The van der Waals surface area contributed by atoms with Crippen molar-refractivity contribution in [3.8, 4) is 5.69 Å². The molecule has 0 atom stereocenters. The number of halogens is 2. The molecule has 0 aliphatic carbocycles. The van der Waals surface area contributed by atoms with Crippen molar-refractivity contribution in [2.75, 3.05) is 19.6 Å². The fourth-order valence-electron chi connectivity index (χ4n) is 4.86. The summed E-state index contributed by atoms with van der Waals surface area (Å²) in [6.07, 6.45) is 7.96. The number of ketones is 1. The number of para-hydroxylation sites is 1. The molecule has 2 aromatic heterocycles. The lowest BCUT2D eigenvalue weighted by Gasteiger charge is -2.14. The number of carbonyl (C=O) groups is 1. The van der Waals surface area contributed by atoms with Crippen molar-refractivity contribution in [1.82, 2.24) is 14.5 Å². The molecule has 1 aliphatic rings. The van der Waals surface area contributed by atoms with Crippen molar-refractivity contribution in [1.29, 1.82) is 0 Å². The molecule has 0 saturated carbocycles. The normalized spacial score (nSPS) is 15.6. The third kappa shape index (κ3) is 5.65. The van der Waals surface area contributed by atoms with Gasteiger partial charge in [0, 0.05) is 62.0 Å². The zero-order valence-electron chi connectivity index (χ0n) is 19.7. The maximum atomic E-state index is 13.6. The van der Waals surface area contributed by atoms with Gasteiger partial charge in [-0.15, -0.1) is 0 Å². The molecule has 0 bridgehead atoms. The van der Waals surface area contributed by atoms with Crippen LogP contribution in [-0.4, -0.2) is 45.8 Å². The van der Waals surface area contributed by atoms with Gasteiger partial charge in [0.05, 0.1) is 12.1 Å². The number of benzene rings is 2. The summed E-state index contributed by atoms with van der Waals surface area (Å²) in [5.41, 5.74) is 5.34. The minimum absolute atomic E-state index is 0.0485. The van der Waals surface area contributed by atoms with Crippen molar-refractivity contribution in [3.05, 3.63) is 95.9 Å². The number of likely N-dealkylation sites (tertiary alicyclic amines) is 1. The van der Waals surface area contributed by atoms with Gasteiger partial charge in [-0.05, 0) is 53.8 Å². The zero-order valence-corrected chi connectivity index (χ0v) is 19.7. The van der Waals surface area contributed by atoms with E-state index in [9.17, 15) is 13.6 Å². The zero-order chi connectivity index (χ0) is 24.3. The number of fused-ring (bicyclic) bond motifs is 1. The summed E-state index contributed by atoms with van der Waals surface area (Å²) in [6, 6.07) is 20.2. The highest BCUT2D eigenvalue weighted by Crippen LogP contribution is 2.29. The first-order chi connectivity index (χ1) is 17.0. The van der Waals surface area contributed by atoms with Crippen molar-refractivity contribution in [2.24, 2.45) is 0 Å². The van der Waals surface area contributed by atoms with Crippen LogP contribution in [-0.2, 0) is 24.1 Å². The summed E-state index contributed by atoms with van der Waals surface area (Å²) in [7, 11) is 0. The number of pyridine rings is 1. The van der Waals surface area contributed by atoms with Crippen LogP contribution in [0.1, 0.15) is 29.5 Å². The second-order valence-corrected chi connectivity index (χ2v) is 9.42. The summed E-state index contributed by atoms with van der Waals surface area (Å²) < 4.78 is 29.3. The molecule has 0 unspecified atom stereocenters. The molecule has 4 nitrogen and oxygen atoms in total. The van der Waals surface area contributed by atoms with E-state index in [1.807, 2.05) is 53.4 Å². The first kappa shape index (κ1) is 23.4. The van der Waals surface area contributed by atoms with E-state index < -0.39 is 5.92 Å². The van der Waals surface area contributed by atoms with E-state index in [1.165, 1.54) is 0 Å². The summed E-state index contributed by atoms with van der Waals surface area (Å²) in [5.74, 6) is -2.35. The molecule has 3 heterocycles. The number of alkyl halides is 2. The number of hydrogen-bond acceptors (Lipinski definition) is 3. The Morgan fingerprint density at radius 1 is 0.971 bits per heavy atom. The molecule has 0 amide bonds. The largest absolute Gasteiger partial charge is 0.316 e. The lowest BCUT2D eigenvalue weighted by atomic mass is 10.0. The van der Waals surface area contributed by atoms with Gasteiger partial charge in [0.25, 0.3) is 5.92 Å². The molecule has 180 valence electrons. The Hall–Kier alpha value is -3.38. The molecule has 6 heteroatoms. The van der Waals surface area contributed by atoms with Gasteiger partial charge in [-0.25, -0.2) is 8.78 Å². The van der Waals surface area contributed by atoms with Gasteiger partial charge in [0.2, 0.25) is 0 Å². The van der Waals surface area contributed by atoms with E-state index in [-0.39, 0.29) is 18.7 Å². The van der Waals surface area contributed by atoms with Crippen LogP contribution in [0.2, 0.25) is 0 Å². The van der Waals surface area contributed by atoms with E-state index in [0.717, 1.165) is 39.7 Å². The van der Waals surface area contributed by atoms with Crippen molar-refractivity contribution < 1.29 is 13.6 Å². The van der Waals surface area contributed by atoms with Gasteiger partial charge in [-0.3, -0.25) is 14.7 Å². The van der Waals surface area contributed by atoms with Gasteiger partial charge in [-0.1, -0.05) is 36.4 Å². The molecule has 5 rings (SSSR count). The Labute approximate surface area is 204 Å². The maximum Gasteiger partial charge on any atom is 0.261 e. The van der Waals surface area contributed by atoms with Crippen molar-refractivity contribution in [2.45, 2.75) is 38.0 Å². The molecule has 1 aliphatic heterocycles. The van der Waals surface area contributed by atoms with Crippen molar-refractivity contribution in [3.63, 3.8) is 0 Å². The van der Waals surface area contributed by atoms with Gasteiger partial charge in [0.1, 0.15) is 5.78 Å². The number of hydrogen-bond donors (Lipinski definition) is 0. The molecule has 1 saturated heterocycles. The summed E-state index contributed by atoms with van der Waals surface area (Å²) >= 11 is 0. The van der Waals surface area contributed by atoms with E-state index in [1.54, 1.807) is 12.4 Å². The molecule has 0 radical (unpaired) electrons. The molecule has 2 aromatic carbocycles. The lowest BCUT2D eigenvalue weighted by molar-refractivity contribution is -0.118. The standard InChI is InChI=1S/C29H29F2N3O/c30-29(31)14-17-33(21-29)16-13-24-20-34(28-6-2-1-5-27(24)28)25-10-7-22(8-11-25)18-26(35)12-9-23-4-3-15-32-19-23/h1-8,10-11,15,19-20H,9,12-14,16-18,21H2. The highest BCUT2D eigenvalue weighted by atomic mass is 19.3. The molecule has 1 fully saturated rings.